The molecule has 0 radical (unpaired) electrons. The van der Waals surface area contributed by atoms with Crippen LogP contribution in [0.5, 0.6) is 0 Å². The summed E-state index contributed by atoms with van der Waals surface area (Å²) in [5.74, 6) is -0.279. The van der Waals surface area contributed by atoms with Gasteiger partial charge in [-0.05, 0) is 36.5 Å². The maximum atomic E-state index is 13.0. The molecule has 0 atom stereocenters. The number of hydrogen-bond donors (Lipinski definition) is 2. The maximum Gasteiger partial charge on any atom is 0.190 e. The first-order valence-electron chi connectivity index (χ1n) is 5.04. The highest BCUT2D eigenvalue weighted by atomic mass is 32.1. The number of thiocarbonyl (C=S) groups is 1. The number of rotatable bonds is 3. The number of halogens is 1. The lowest BCUT2D eigenvalue weighted by Gasteiger charge is -2.06. The number of allylic oxidation sites excluding steroid dienone is 1. The van der Waals surface area contributed by atoms with Crippen LogP contribution < -0.4 is 10.6 Å². The first-order valence-corrected chi connectivity index (χ1v) is 6.26. The van der Waals surface area contributed by atoms with Gasteiger partial charge in [0, 0.05) is 5.70 Å². The fourth-order valence-corrected chi connectivity index (χ4v) is 2.46. The van der Waals surface area contributed by atoms with Gasteiger partial charge < -0.3 is 10.6 Å². The Morgan fingerprint density at radius 3 is 3.00 bits per heavy atom. The van der Waals surface area contributed by atoms with Gasteiger partial charge in [-0.15, -0.1) is 0 Å². The van der Waals surface area contributed by atoms with E-state index in [4.69, 9.17) is 12.2 Å². The number of benzene rings is 1. The Morgan fingerprint density at radius 1 is 1.50 bits per heavy atom. The van der Waals surface area contributed by atoms with Crippen molar-refractivity contribution in [2.24, 2.45) is 0 Å². The van der Waals surface area contributed by atoms with Gasteiger partial charge in [-0.25, -0.2) is 9.37 Å². The molecule has 0 aliphatic rings. The Labute approximate surface area is 113 Å². The average molecular weight is 279 g/mol. The van der Waals surface area contributed by atoms with E-state index in [0.717, 1.165) is 10.2 Å². The summed E-state index contributed by atoms with van der Waals surface area (Å²) in [6, 6.07) is 4.45. The van der Waals surface area contributed by atoms with Gasteiger partial charge in [0.1, 0.15) is 5.82 Å². The summed E-state index contributed by atoms with van der Waals surface area (Å²) in [7, 11) is 0. The second kappa shape index (κ2) is 5.24. The molecule has 0 saturated carbocycles. The van der Waals surface area contributed by atoms with Crippen LogP contribution in [-0.4, -0.2) is 10.1 Å². The molecule has 2 N–H and O–H groups in total. The fourth-order valence-electron chi connectivity index (χ4n) is 1.28. The third-order valence-corrected chi connectivity index (χ3v) is 3.23. The van der Waals surface area contributed by atoms with E-state index in [0.29, 0.717) is 15.9 Å². The van der Waals surface area contributed by atoms with E-state index in [1.165, 1.54) is 23.5 Å². The Kier molecular flexibility index (Phi) is 3.69. The molecule has 1 aromatic carbocycles. The molecule has 18 heavy (non-hydrogen) atoms. The van der Waals surface area contributed by atoms with Crippen LogP contribution in [0, 0.1) is 5.82 Å². The molecule has 1 heterocycles. The summed E-state index contributed by atoms with van der Waals surface area (Å²) in [6.45, 7) is 7.25. The fraction of sp³-hybridized carbons (Fsp3) is 0. The standard InChI is InChI=1S/C12H10FN3S2/c1-3-7(2)14-11(17)16-12-15-9-5-4-8(13)6-10(9)18-12/h3-6H,1-2H2,(H2,14,15,16,17). The molecule has 1 aromatic heterocycles. The van der Waals surface area contributed by atoms with Gasteiger partial charge in [0.05, 0.1) is 10.2 Å². The van der Waals surface area contributed by atoms with Gasteiger partial charge in [-0.2, -0.15) is 0 Å². The Balaban J connectivity index is 2.14. The first-order chi connectivity index (χ1) is 8.58. The van der Waals surface area contributed by atoms with Crippen molar-refractivity contribution in [3.8, 4) is 0 Å². The molecule has 2 aromatic rings. The van der Waals surface area contributed by atoms with Gasteiger partial charge in [0.15, 0.2) is 10.2 Å². The van der Waals surface area contributed by atoms with Crippen LogP contribution >= 0.6 is 23.6 Å². The SMILES string of the molecule is C=CC(=C)NC(=S)Nc1nc2ccc(F)cc2s1. The van der Waals surface area contributed by atoms with Crippen LogP contribution in [0.1, 0.15) is 0 Å². The molecule has 0 aliphatic carbocycles. The highest BCUT2D eigenvalue weighted by Gasteiger charge is 2.06. The van der Waals surface area contributed by atoms with Crippen molar-refractivity contribution < 1.29 is 4.39 Å². The maximum absolute atomic E-state index is 13.0. The lowest BCUT2D eigenvalue weighted by Crippen LogP contribution is -2.26. The van der Waals surface area contributed by atoms with Gasteiger partial charge in [0.25, 0.3) is 0 Å². The van der Waals surface area contributed by atoms with E-state index in [2.05, 4.69) is 28.8 Å². The molecular weight excluding hydrogens is 269 g/mol. The van der Waals surface area contributed by atoms with Crippen molar-refractivity contribution in [3.05, 3.63) is 48.9 Å². The van der Waals surface area contributed by atoms with Crippen molar-refractivity contribution in [2.75, 3.05) is 5.32 Å². The minimum atomic E-state index is -0.279. The summed E-state index contributed by atoms with van der Waals surface area (Å²) in [6.07, 6.45) is 1.56. The lowest BCUT2D eigenvalue weighted by molar-refractivity contribution is 0.630. The predicted octanol–water partition coefficient (Wildman–Crippen LogP) is 3.42. The molecule has 0 bridgehead atoms. The van der Waals surface area contributed by atoms with Crippen molar-refractivity contribution in [3.63, 3.8) is 0 Å². The summed E-state index contributed by atoms with van der Waals surface area (Å²) in [4.78, 5) is 4.28. The third kappa shape index (κ3) is 2.91. The Morgan fingerprint density at radius 2 is 2.28 bits per heavy atom. The zero-order chi connectivity index (χ0) is 13.1. The molecule has 92 valence electrons. The summed E-state index contributed by atoms with van der Waals surface area (Å²) < 4.78 is 13.8. The molecule has 3 nitrogen and oxygen atoms in total. The average Bonchev–Trinajstić information content (AvgIpc) is 2.69. The second-order valence-corrected chi connectivity index (χ2v) is 4.88. The highest BCUT2D eigenvalue weighted by Crippen LogP contribution is 2.26. The number of hydrogen-bond acceptors (Lipinski definition) is 3. The van der Waals surface area contributed by atoms with Crippen molar-refractivity contribution in [1.82, 2.24) is 10.3 Å². The predicted molar refractivity (Wildman–Crippen MR) is 78.3 cm³/mol. The zero-order valence-corrected chi connectivity index (χ0v) is 11.0. The van der Waals surface area contributed by atoms with E-state index in [1.54, 1.807) is 12.1 Å². The van der Waals surface area contributed by atoms with Crippen molar-refractivity contribution >= 4 is 44.0 Å². The highest BCUT2D eigenvalue weighted by molar-refractivity contribution is 7.80. The smallest absolute Gasteiger partial charge is 0.190 e. The summed E-state index contributed by atoms with van der Waals surface area (Å²) in [5.41, 5.74) is 1.33. The summed E-state index contributed by atoms with van der Waals surface area (Å²) >= 11 is 6.40. The van der Waals surface area contributed by atoms with E-state index in [-0.39, 0.29) is 5.82 Å². The van der Waals surface area contributed by atoms with Crippen molar-refractivity contribution in [2.45, 2.75) is 0 Å². The lowest BCUT2D eigenvalue weighted by atomic mass is 10.3. The first kappa shape index (κ1) is 12.7. The quantitative estimate of drug-likeness (QED) is 0.667. The molecule has 6 heteroatoms. The normalized spacial score (nSPS) is 10.1. The number of aromatic nitrogens is 1. The van der Waals surface area contributed by atoms with Crippen LogP contribution in [0.25, 0.3) is 10.2 Å². The summed E-state index contributed by atoms with van der Waals surface area (Å²) in [5, 5.41) is 6.72. The molecule has 0 spiro atoms. The molecule has 0 unspecified atom stereocenters. The Bertz CT molecular complexity index is 633. The van der Waals surface area contributed by atoms with Crippen LogP contribution in [0.2, 0.25) is 0 Å². The van der Waals surface area contributed by atoms with E-state index in [1.807, 2.05) is 0 Å². The largest absolute Gasteiger partial charge is 0.333 e. The van der Waals surface area contributed by atoms with Crippen LogP contribution in [0.4, 0.5) is 9.52 Å². The Hall–Kier alpha value is -1.79. The van der Waals surface area contributed by atoms with E-state index < -0.39 is 0 Å². The molecule has 0 aliphatic heterocycles. The van der Waals surface area contributed by atoms with Gasteiger partial charge in [-0.3, -0.25) is 0 Å². The molecule has 0 saturated heterocycles. The van der Waals surface area contributed by atoms with Gasteiger partial charge in [0.2, 0.25) is 0 Å². The number of thiazole rings is 1. The minimum Gasteiger partial charge on any atom is -0.333 e. The van der Waals surface area contributed by atoms with Crippen LogP contribution in [0.3, 0.4) is 0 Å². The van der Waals surface area contributed by atoms with Crippen LogP contribution in [0.15, 0.2) is 43.1 Å². The van der Waals surface area contributed by atoms with Gasteiger partial charge in [-0.1, -0.05) is 24.5 Å². The van der Waals surface area contributed by atoms with E-state index in [9.17, 15) is 4.39 Å². The monoisotopic (exact) mass is 279 g/mol. The number of anilines is 1. The number of nitrogens with zero attached hydrogens (tertiary/aromatic N) is 1. The van der Waals surface area contributed by atoms with Crippen molar-refractivity contribution in [1.29, 1.82) is 0 Å². The second-order valence-electron chi connectivity index (χ2n) is 3.44. The topological polar surface area (TPSA) is 37.0 Å². The molecule has 0 amide bonds. The minimum absolute atomic E-state index is 0.279. The number of nitrogens with one attached hydrogen (secondary N) is 2. The third-order valence-electron chi connectivity index (χ3n) is 2.09. The molecular formula is C12H10FN3S2. The zero-order valence-electron chi connectivity index (χ0n) is 9.37. The molecule has 2 rings (SSSR count). The van der Waals surface area contributed by atoms with Crippen LogP contribution in [-0.2, 0) is 0 Å². The number of fused-ring (bicyclic) bond motifs is 1. The molecule has 0 fully saturated rings. The van der Waals surface area contributed by atoms with Gasteiger partial charge >= 0.3 is 0 Å². The van der Waals surface area contributed by atoms with E-state index >= 15 is 0 Å².